The zero-order valence-corrected chi connectivity index (χ0v) is 23.6. The number of nitrogens with zero attached hydrogens (tertiary/aromatic N) is 5. The molecule has 0 spiro atoms. The standard InChI is InChI=1S/C29H42N8O4/c1-2-23(39)33-21-16-22(26(41)25(21)40)37-18-31-24-27(32-20(17-38)15-19-9-5-3-6-10-19)34-29(35-28(24)37)30-11-14-36-12-7-4-8-13-36/h3,5-6,9-10,18,20-22,25-26,38,40-41H,2,4,7-8,11-17H2,1H3,(H,33,39)(H2,30,32,34,35)/t20-,21-,22+,25+,26-/m0/s1. The number of imidazole rings is 1. The van der Waals surface area contributed by atoms with Crippen molar-refractivity contribution in [3.05, 3.63) is 42.2 Å². The average molecular weight is 567 g/mol. The van der Waals surface area contributed by atoms with E-state index < -0.39 is 24.3 Å². The molecule has 12 nitrogen and oxygen atoms in total. The maximum atomic E-state index is 12.0. The molecule has 41 heavy (non-hydrogen) atoms. The minimum absolute atomic E-state index is 0.106. The highest BCUT2D eigenvalue weighted by molar-refractivity contribution is 5.84. The Kier molecular flexibility index (Phi) is 9.65. The van der Waals surface area contributed by atoms with E-state index in [4.69, 9.17) is 9.97 Å². The molecule has 1 aliphatic carbocycles. The van der Waals surface area contributed by atoms with Crippen LogP contribution in [-0.4, -0.2) is 103 Å². The predicted octanol–water partition coefficient (Wildman–Crippen LogP) is 1.30. The fourth-order valence-corrected chi connectivity index (χ4v) is 5.84. The molecule has 0 radical (unpaired) electrons. The molecule has 3 aromatic rings. The van der Waals surface area contributed by atoms with Crippen LogP contribution in [0.2, 0.25) is 0 Å². The second-order valence-electron chi connectivity index (χ2n) is 11.1. The third-order valence-corrected chi connectivity index (χ3v) is 8.14. The highest BCUT2D eigenvalue weighted by Crippen LogP contribution is 2.34. The van der Waals surface area contributed by atoms with Gasteiger partial charge >= 0.3 is 0 Å². The van der Waals surface area contributed by atoms with E-state index in [0.717, 1.165) is 25.2 Å². The Hall–Kier alpha value is -3.32. The number of aliphatic hydroxyl groups is 3. The number of hydrogen-bond donors (Lipinski definition) is 6. The number of fused-ring (bicyclic) bond motifs is 1. The Morgan fingerprint density at radius 1 is 1.10 bits per heavy atom. The first-order chi connectivity index (χ1) is 20.0. The van der Waals surface area contributed by atoms with Crippen LogP contribution < -0.4 is 16.0 Å². The second kappa shape index (κ2) is 13.6. The third kappa shape index (κ3) is 6.95. The molecule has 2 aromatic heterocycles. The number of carbonyl (C=O) groups excluding carboxylic acids is 1. The summed E-state index contributed by atoms with van der Waals surface area (Å²) in [6.45, 7) is 5.38. The molecule has 222 valence electrons. The van der Waals surface area contributed by atoms with Crippen molar-refractivity contribution in [3.8, 4) is 0 Å². The van der Waals surface area contributed by atoms with Crippen LogP contribution >= 0.6 is 0 Å². The predicted molar refractivity (Wildman–Crippen MR) is 157 cm³/mol. The number of benzene rings is 1. The van der Waals surface area contributed by atoms with Gasteiger partial charge in [0.05, 0.1) is 31.1 Å². The maximum absolute atomic E-state index is 12.0. The number of nitrogens with one attached hydrogen (secondary N) is 3. The minimum Gasteiger partial charge on any atom is -0.394 e. The first kappa shape index (κ1) is 29.2. The van der Waals surface area contributed by atoms with Crippen LogP contribution in [0.15, 0.2) is 36.7 Å². The lowest BCUT2D eigenvalue weighted by atomic mass is 10.1. The van der Waals surface area contributed by atoms with Crippen molar-refractivity contribution >= 4 is 28.8 Å². The van der Waals surface area contributed by atoms with E-state index in [1.165, 1.54) is 19.3 Å². The van der Waals surface area contributed by atoms with Crippen molar-refractivity contribution in [3.63, 3.8) is 0 Å². The number of carbonyl (C=O) groups is 1. The third-order valence-electron chi connectivity index (χ3n) is 8.14. The Bertz CT molecular complexity index is 1280. The van der Waals surface area contributed by atoms with Crippen molar-refractivity contribution < 1.29 is 20.1 Å². The normalized spacial score (nSPS) is 23.9. The topological polar surface area (TPSA) is 161 Å². The Morgan fingerprint density at radius 2 is 1.88 bits per heavy atom. The molecule has 1 amide bonds. The second-order valence-corrected chi connectivity index (χ2v) is 11.1. The van der Waals surface area contributed by atoms with Gasteiger partial charge in [0, 0.05) is 19.5 Å². The van der Waals surface area contributed by atoms with Gasteiger partial charge in [-0.25, -0.2) is 4.98 Å². The van der Waals surface area contributed by atoms with Crippen LogP contribution in [0.1, 0.15) is 50.6 Å². The highest BCUT2D eigenvalue weighted by Gasteiger charge is 2.43. The number of amides is 1. The molecule has 1 saturated carbocycles. The molecule has 3 heterocycles. The van der Waals surface area contributed by atoms with Crippen LogP contribution in [0.3, 0.4) is 0 Å². The van der Waals surface area contributed by atoms with Crippen molar-refractivity contribution in [1.29, 1.82) is 0 Å². The molecular weight excluding hydrogens is 524 g/mol. The van der Waals surface area contributed by atoms with Gasteiger partial charge in [-0.1, -0.05) is 43.7 Å². The molecule has 0 bridgehead atoms. The van der Waals surface area contributed by atoms with E-state index in [-0.39, 0.29) is 18.6 Å². The van der Waals surface area contributed by atoms with E-state index in [0.29, 0.717) is 48.7 Å². The summed E-state index contributed by atoms with van der Waals surface area (Å²) in [6.07, 6.45) is 4.30. The number of piperidine rings is 1. The SMILES string of the molecule is CCC(=O)N[C@H]1C[C@@H](n2cnc3c(N[C@H](CO)Cc4ccccc4)nc(NCCN4CCCCC4)nc32)[C@H](O)[C@@H]1O. The minimum atomic E-state index is -1.11. The number of likely N-dealkylation sites (tertiary alicyclic amines) is 1. The van der Waals surface area contributed by atoms with Gasteiger partial charge in [-0.05, 0) is 44.3 Å². The molecule has 5 atom stereocenters. The van der Waals surface area contributed by atoms with Crippen LogP contribution in [0, 0.1) is 0 Å². The summed E-state index contributed by atoms with van der Waals surface area (Å²) in [4.78, 5) is 28.6. The van der Waals surface area contributed by atoms with E-state index in [2.05, 4.69) is 25.8 Å². The Morgan fingerprint density at radius 3 is 2.61 bits per heavy atom. The molecule has 6 N–H and O–H groups in total. The molecule has 2 fully saturated rings. The van der Waals surface area contributed by atoms with Gasteiger partial charge in [0.15, 0.2) is 17.0 Å². The molecule has 1 aliphatic heterocycles. The van der Waals surface area contributed by atoms with E-state index in [9.17, 15) is 20.1 Å². The van der Waals surface area contributed by atoms with Gasteiger partial charge in [-0.3, -0.25) is 4.79 Å². The van der Waals surface area contributed by atoms with Gasteiger partial charge in [-0.15, -0.1) is 0 Å². The van der Waals surface area contributed by atoms with E-state index in [1.54, 1.807) is 17.8 Å². The monoisotopic (exact) mass is 566 g/mol. The summed E-state index contributed by atoms with van der Waals surface area (Å²) in [5.74, 6) is 0.715. The highest BCUT2D eigenvalue weighted by atomic mass is 16.3. The van der Waals surface area contributed by atoms with Crippen LogP contribution in [-0.2, 0) is 11.2 Å². The van der Waals surface area contributed by atoms with Crippen LogP contribution in [0.4, 0.5) is 11.8 Å². The van der Waals surface area contributed by atoms with Gasteiger partial charge < -0.3 is 40.7 Å². The number of aliphatic hydroxyl groups excluding tert-OH is 3. The fourth-order valence-electron chi connectivity index (χ4n) is 5.84. The first-order valence-corrected chi connectivity index (χ1v) is 14.7. The number of hydrogen-bond acceptors (Lipinski definition) is 10. The largest absolute Gasteiger partial charge is 0.394 e. The fraction of sp³-hybridized carbons (Fsp3) is 0.586. The molecule has 12 heteroatoms. The number of aromatic nitrogens is 4. The number of rotatable bonds is 12. The zero-order chi connectivity index (χ0) is 28.8. The maximum Gasteiger partial charge on any atom is 0.226 e. The Labute approximate surface area is 240 Å². The lowest BCUT2D eigenvalue weighted by Crippen LogP contribution is -2.42. The molecular formula is C29H42N8O4. The summed E-state index contributed by atoms with van der Waals surface area (Å²) in [7, 11) is 0. The quantitative estimate of drug-likeness (QED) is 0.189. The van der Waals surface area contributed by atoms with Gasteiger partial charge in [0.2, 0.25) is 11.9 Å². The average Bonchev–Trinajstić information content (AvgIpc) is 3.54. The van der Waals surface area contributed by atoms with Gasteiger partial charge in [-0.2, -0.15) is 9.97 Å². The smallest absolute Gasteiger partial charge is 0.226 e. The molecule has 1 aromatic carbocycles. The number of anilines is 2. The summed E-state index contributed by atoms with van der Waals surface area (Å²) in [5, 5.41) is 41.4. The van der Waals surface area contributed by atoms with Crippen molar-refractivity contribution in [2.75, 3.05) is 43.4 Å². The first-order valence-electron chi connectivity index (χ1n) is 14.7. The van der Waals surface area contributed by atoms with Gasteiger partial charge in [0.25, 0.3) is 0 Å². The molecule has 0 unspecified atom stereocenters. The van der Waals surface area contributed by atoms with Crippen LogP contribution in [0.5, 0.6) is 0 Å². The summed E-state index contributed by atoms with van der Waals surface area (Å²) < 4.78 is 1.76. The summed E-state index contributed by atoms with van der Waals surface area (Å²) >= 11 is 0. The Balaban J connectivity index is 1.42. The molecule has 5 rings (SSSR count). The van der Waals surface area contributed by atoms with Crippen molar-refractivity contribution in [1.82, 2.24) is 29.7 Å². The van der Waals surface area contributed by atoms with Crippen LogP contribution in [0.25, 0.3) is 11.2 Å². The van der Waals surface area contributed by atoms with Gasteiger partial charge in [0.1, 0.15) is 12.2 Å². The van der Waals surface area contributed by atoms with E-state index >= 15 is 0 Å². The zero-order valence-electron chi connectivity index (χ0n) is 23.6. The van der Waals surface area contributed by atoms with E-state index in [1.807, 2.05) is 30.3 Å². The van der Waals surface area contributed by atoms with Crippen molar-refractivity contribution in [2.24, 2.45) is 0 Å². The lowest BCUT2D eigenvalue weighted by molar-refractivity contribution is -0.122. The summed E-state index contributed by atoms with van der Waals surface area (Å²) in [6, 6.07) is 8.50. The molecule has 1 saturated heterocycles. The summed E-state index contributed by atoms with van der Waals surface area (Å²) in [5.41, 5.74) is 2.08. The van der Waals surface area contributed by atoms with Crippen molar-refractivity contribution in [2.45, 2.75) is 75.8 Å². The molecule has 2 aliphatic rings. The lowest BCUT2D eigenvalue weighted by Gasteiger charge is -2.26.